The number of amides is 2. The fourth-order valence-electron chi connectivity index (χ4n) is 1.88. The maximum Gasteiger partial charge on any atom is 0.227 e. The molecule has 0 spiro atoms. The van der Waals surface area contributed by atoms with Gasteiger partial charge in [-0.3, -0.25) is 9.59 Å². The molecule has 2 unspecified atom stereocenters. The highest BCUT2D eigenvalue weighted by Gasteiger charge is 2.29. The number of nitrogens with one attached hydrogen (secondary N) is 1. The highest BCUT2D eigenvalue weighted by molar-refractivity contribution is 5.89. The van der Waals surface area contributed by atoms with E-state index in [9.17, 15) is 9.59 Å². The average molecular weight is 241 g/mol. The lowest BCUT2D eigenvalue weighted by Crippen LogP contribution is -2.38. The van der Waals surface area contributed by atoms with E-state index < -0.39 is 0 Å². The van der Waals surface area contributed by atoms with Crippen molar-refractivity contribution in [1.29, 1.82) is 0 Å². The molecule has 1 rings (SSSR count). The van der Waals surface area contributed by atoms with Gasteiger partial charge in [0.15, 0.2) is 0 Å². The number of nitrogens with two attached hydrogens (primary N) is 1. The molecule has 1 aliphatic rings. The van der Waals surface area contributed by atoms with Crippen LogP contribution in [0.15, 0.2) is 0 Å². The summed E-state index contributed by atoms with van der Waals surface area (Å²) in [6.45, 7) is 5.28. The molecule has 5 nitrogen and oxygen atoms in total. The maximum absolute atomic E-state index is 12.0. The molecule has 17 heavy (non-hydrogen) atoms. The number of nitrogens with zero attached hydrogens (tertiary/aromatic N) is 1. The topological polar surface area (TPSA) is 75.4 Å². The summed E-state index contributed by atoms with van der Waals surface area (Å²) in [6.07, 6.45) is 1.12. The van der Waals surface area contributed by atoms with E-state index in [1.165, 1.54) is 0 Å². The van der Waals surface area contributed by atoms with Crippen molar-refractivity contribution in [2.24, 2.45) is 17.6 Å². The molecule has 0 aliphatic carbocycles. The fraction of sp³-hybridized carbons (Fsp3) is 0.833. The van der Waals surface area contributed by atoms with Crippen molar-refractivity contribution < 1.29 is 9.59 Å². The van der Waals surface area contributed by atoms with E-state index in [1.807, 2.05) is 0 Å². The Kier molecular flexibility index (Phi) is 4.93. The molecular formula is C12H23N3O2. The van der Waals surface area contributed by atoms with Gasteiger partial charge in [0.25, 0.3) is 0 Å². The second-order valence-corrected chi connectivity index (χ2v) is 5.16. The molecule has 2 atom stereocenters. The Morgan fingerprint density at radius 3 is 2.71 bits per heavy atom. The van der Waals surface area contributed by atoms with Crippen LogP contribution in [0.1, 0.15) is 26.7 Å². The molecule has 3 N–H and O–H groups in total. The first-order chi connectivity index (χ1) is 7.91. The van der Waals surface area contributed by atoms with Gasteiger partial charge in [0.05, 0.1) is 5.92 Å². The molecule has 1 heterocycles. The lowest BCUT2D eigenvalue weighted by atomic mass is 10.0. The van der Waals surface area contributed by atoms with Gasteiger partial charge in [-0.05, 0) is 12.3 Å². The summed E-state index contributed by atoms with van der Waals surface area (Å²) in [7, 11) is 1.78. The van der Waals surface area contributed by atoms with Gasteiger partial charge < -0.3 is 16.0 Å². The van der Waals surface area contributed by atoms with Crippen LogP contribution in [-0.4, -0.2) is 42.9 Å². The van der Waals surface area contributed by atoms with Gasteiger partial charge in [0.2, 0.25) is 11.8 Å². The van der Waals surface area contributed by atoms with Crippen LogP contribution in [0.4, 0.5) is 0 Å². The monoisotopic (exact) mass is 241 g/mol. The number of carbonyl (C=O) groups excluding carboxylic acids is 2. The SMILES string of the molecule is CC(C)C(N)CCN(C)C(=O)C1CNC(=O)C1. The van der Waals surface area contributed by atoms with Gasteiger partial charge in [-0.15, -0.1) is 0 Å². The van der Waals surface area contributed by atoms with E-state index in [4.69, 9.17) is 5.73 Å². The van der Waals surface area contributed by atoms with Crippen LogP contribution in [0, 0.1) is 11.8 Å². The molecule has 0 radical (unpaired) electrons. The van der Waals surface area contributed by atoms with Crippen LogP contribution in [-0.2, 0) is 9.59 Å². The number of rotatable bonds is 5. The third-order valence-electron chi connectivity index (χ3n) is 3.36. The zero-order chi connectivity index (χ0) is 13.0. The Hall–Kier alpha value is -1.10. The van der Waals surface area contributed by atoms with Gasteiger partial charge in [-0.2, -0.15) is 0 Å². The van der Waals surface area contributed by atoms with Crippen molar-refractivity contribution in [1.82, 2.24) is 10.2 Å². The van der Waals surface area contributed by atoms with Crippen LogP contribution in [0.25, 0.3) is 0 Å². The van der Waals surface area contributed by atoms with E-state index in [2.05, 4.69) is 19.2 Å². The Morgan fingerprint density at radius 1 is 1.59 bits per heavy atom. The molecule has 0 bridgehead atoms. The minimum atomic E-state index is -0.192. The number of hydrogen-bond donors (Lipinski definition) is 2. The van der Waals surface area contributed by atoms with Crippen molar-refractivity contribution in [3.63, 3.8) is 0 Å². The number of carbonyl (C=O) groups is 2. The Morgan fingerprint density at radius 2 is 2.24 bits per heavy atom. The third kappa shape index (κ3) is 4.00. The smallest absolute Gasteiger partial charge is 0.227 e. The number of hydrogen-bond acceptors (Lipinski definition) is 3. The Bertz CT molecular complexity index is 291. The summed E-state index contributed by atoms with van der Waals surface area (Å²) in [6, 6.07) is 0.119. The van der Waals surface area contributed by atoms with Crippen LogP contribution in [0.3, 0.4) is 0 Å². The molecule has 5 heteroatoms. The van der Waals surface area contributed by atoms with Gasteiger partial charge in [-0.1, -0.05) is 13.8 Å². The summed E-state index contributed by atoms with van der Waals surface area (Å²) in [5.41, 5.74) is 5.94. The minimum absolute atomic E-state index is 0.0318. The normalized spacial score (nSPS) is 21.5. The highest BCUT2D eigenvalue weighted by atomic mass is 16.2. The molecule has 0 aromatic carbocycles. The largest absolute Gasteiger partial charge is 0.355 e. The van der Waals surface area contributed by atoms with E-state index >= 15 is 0 Å². The van der Waals surface area contributed by atoms with E-state index in [0.717, 1.165) is 6.42 Å². The van der Waals surface area contributed by atoms with Crippen LogP contribution in [0.2, 0.25) is 0 Å². The summed E-state index contributed by atoms with van der Waals surface area (Å²) in [5.74, 6) is 0.242. The molecule has 1 saturated heterocycles. The van der Waals surface area contributed by atoms with Crippen molar-refractivity contribution in [3.8, 4) is 0 Å². The second kappa shape index (κ2) is 6.00. The molecule has 0 aromatic heterocycles. The van der Waals surface area contributed by atoms with Crippen LogP contribution in [0.5, 0.6) is 0 Å². The summed E-state index contributed by atoms with van der Waals surface area (Å²) in [5, 5.41) is 2.68. The molecule has 0 aromatic rings. The molecule has 1 fully saturated rings. The second-order valence-electron chi connectivity index (χ2n) is 5.16. The Balaban J connectivity index is 2.34. The van der Waals surface area contributed by atoms with Crippen molar-refractivity contribution in [3.05, 3.63) is 0 Å². The average Bonchev–Trinajstić information content (AvgIpc) is 2.70. The van der Waals surface area contributed by atoms with Crippen molar-refractivity contribution in [2.75, 3.05) is 20.1 Å². The molecule has 2 amide bonds. The summed E-state index contributed by atoms with van der Waals surface area (Å²) < 4.78 is 0. The third-order valence-corrected chi connectivity index (χ3v) is 3.36. The lowest BCUT2D eigenvalue weighted by Gasteiger charge is -2.23. The van der Waals surface area contributed by atoms with E-state index in [0.29, 0.717) is 25.4 Å². The van der Waals surface area contributed by atoms with E-state index in [1.54, 1.807) is 11.9 Å². The first kappa shape index (κ1) is 14.0. The van der Waals surface area contributed by atoms with Gasteiger partial charge in [0, 0.05) is 32.6 Å². The standard InChI is InChI=1S/C12H23N3O2/c1-8(2)10(13)4-5-15(3)12(17)9-6-11(16)14-7-9/h8-10H,4-7,13H2,1-3H3,(H,14,16). The van der Waals surface area contributed by atoms with Crippen molar-refractivity contribution in [2.45, 2.75) is 32.7 Å². The van der Waals surface area contributed by atoms with Gasteiger partial charge >= 0.3 is 0 Å². The predicted molar refractivity (Wildman–Crippen MR) is 66.2 cm³/mol. The van der Waals surface area contributed by atoms with Crippen LogP contribution < -0.4 is 11.1 Å². The predicted octanol–water partition coefficient (Wildman–Crippen LogP) is -0.0457. The molecule has 1 aliphatic heterocycles. The summed E-state index contributed by atoms with van der Waals surface area (Å²) in [4.78, 5) is 24.7. The quantitative estimate of drug-likeness (QED) is 0.709. The van der Waals surface area contributed by atoms with E-state index in [-0.39, 0.29) is 23.8 Å². The molecule has 98 valence electrons. The minimum Gasteiger partial charge on any atom is -0.355 e. The zero-order valence-electron chi connectivity index (χ0n) is 10.9. The fourth-order valence-corrected chi connectivity index (χ4v) is 1.88. The maximum atomic E-state index is 12.0. The zero-order valence-corrected chi connectivity index (χ0v) is 10.9. The first-order valence-corrected chi connectivity index (χ1v) is 6.19. The summed E-state index contributed by atoms with van der Waals surface area (Å²) >= 11 is 0. The Labute approximate surface area is 103 Å². The van der Waals surface area contributed by atoms with Gasteiger partial charge in [-0.25, -0.2) is 0 Å². The van der Waals surface area contributed by atoms with Gasteiger partial charge in [0.1, 0.15) is 0 Å². The highest BCUT2D eigenvalue weighted by Crippen LogP contribution is 2.13. The lowest BCUT2D eigenvalue weighted by molar-refractivity contribution is -0.134. The molecule has 0 saturated carbocycles. The van der Waals surface area contributed by atoms with Crippen LogP contribution >= 0.6 is 0 Å². The first-order valence-electron chi connectivity index (χ1n) is 6.19. The van der Waals surface area contributed by atoms with Crippen molar-refractivity contribution >= 4 is 11.8 Å². The molecular weight excluding hydrogens is 218 g/mol.